The zero-order valence-corrected chi connectivity index (χ0v) is 18.6. The van der Waals surface area contributed by atoms with E-state index in [-0.39, 0.29) is 18.2 Å². The van der Waals surface area contributed by atoms with Gasteiger partial charge in [0.2, 0.25) is 0 Å². The fraction of sp³-hybridized carbons (Fsp3) is 0.480. The van der Waals surface area contributed by atoms with Crippen LogP contribution in [-0.2, 0) is 6.42 Å². The number of rotatable bonds is 4. The predicted molar refractivity (Wildman–Crippen MR) is 117 cm³/mol. The molecule has 1 aromatic heterocycles. The number of benzene rings is 1. The second-order valence-electron chi connectivity index (χ2n) is 9.11. The molecule has 1 fully saturated rings. The fourth-order valence-corrected chi connectivity index (χ4v) is 4.95. The third-order valence-corrected chi connectivity index (χ3v) is 6.93. The number of alkyl halides is 3. The monoisotopic (exact) mass is 445 g/mol. The van der Waals surface area contributed by atoms with E-state index in [2.05, 4.69) is 6.07 Å². The van der Waals surface area contributed by atoms with E-state index >= 15 is 0 Å². The van der Waals surface area contributed by atoms with Gasteiger partial charge in [-0.15, -0.1) is 0 Å². The average molecular weight is 446 g/mol. The van der Waals surface area contributed by atoms with Gasteiger partial charge in [0, 0.05) is 18.0 Å². The molecule has 0 spiro atoms. The molecule has 0 radical (unpaired) electrons. The Balaban J connectivity index is 2.05. The van der Waals surface area contributed by atoms with Crippen LogP contribution < -0.4 is 0 Å². The van der Waals surface area contributed by atoms with Crippen molar-refractivity contribution in [2.24, 2.45) is 0 Å². The molecule has 2 aliphatic rings. The predicted octanol–water partition coefficient (Wildman–Crippen LogP) is 6.88. The molecule has 1 aromatic carbocycles. The number of nitrogens with zero attached hydrogens (tertiary/aromatic N) is 3. The molecule has 4 rings (SSSR count). The van der Waals surface area contributed by atoms with Gasteiger partial charge in [0.1, 0.15) is 17.4 Å². The van der Waals surface area contributed by atoms with Gasteiger partial charge in [-0.2, -0.15) is 18.4 Å². The molecule has 170 valence electrons. The molecule has 3 nitrogen and oxygen atoms in total. The van der Waals surface area contributed by atoms with Crippen molar-refractivity contribution in [1.29, 1.82) is 5.26 Å². The first kappa shape index (κ1) is 22.4. The van der Waals surface area contributed by atoms with Crippen LogP contribution in [0, 0.1) is 17.1 Å². The number of halogens is 4. The molecule has 1 saturated carbocycles. The lowest BCUT2D eigenvalue weighted by Crippen LogP contribution is -2.54. The Morgan fingerprint density at radius 3 is 2.44 bits per heavy atom. The summed E-state index contributed by atoms with van der Waals surface area (Å²) in [5.74, 6) is -0.392. The smallest absolute Gasteiger partial charge is 0.352 e. The largest absolute Gasteiger partial charge is 0.411 e. The third-order valence-electron chi connectivity index (χ3n) is 6.93. The molecule has 7 heteroatoms. The summed E-state index contributed by atoms with van der Waals surface area (Å²) >= 11 is 0. The van der Waals surface area contributed by atoms with Crippen LogP contribution in [-0.4, -0.2) is 27.7 Å². The maximum absolute atomic E-state index is 14.7. The zero-order chi connectivity index (χ0) is 23.3. The second-order valence-corrected chi connectivity index (χ2v) is 9.11. The van der Waals surface area contributed by atoms with Crippen LogP contribution in [0.25, 0.3) is 16.6 Å². The van der Waals surface area contributed by atoms with Crippen molar-refractivity contribution in [3.63, 3.8) is 0 Å². The molecule has 0 saturated heterocycles. The first-order chi connectivity index (χ1) is 15.1. The molecule has 0 atom stereocenters. The fourth-order valence-electron chi connectivity index (χ4n) is 4.95. The number of allylic oxidation sites excluding steroid dienone is 2. The van der Waals surface area contributed by atoms with Gasteiger partial charge in [-0.05, 0) is 56.9 Å². The lowest BCUT2D eigenvalue weighted by Gasteiger charge is -2.43. The maximum Gasteiger partial charge on any atom is 0.411 e. The summed E-state index contributed by atoms with van der Waals surface area (Å²) in [5.41, 5.74) is 0.166. The molecular weight excluding hydrogens is 418 g/mol. The van der Waals surface area contributed by atoms with Crippen LogP contribution in [0.3, 0.4) is 0 Å². The Labute approximate surface area is 185 Å². The first-order valence-electron chi connectivity index (χ1n) is 11.1. The highest BCUT2D eigenvalue weighted by Crippen LogP contribution is 2.45. The minimum atomic E-state index is -4.48. The van der Waals surface area contributed by atoms with Gasteiger partial charge in [0.15, 0.2) is 0 Å². The van der Waals surface area contributed by atoms with Crippen molar-refractivity contribution >= 4 is 16.6 Å². The van der Waals surface area contributed by atoms with Gasteiger partial charge in [0.25, 0.3) is 0 Å². The van der Waals surface area contributed by atoms with E-state index in [4.69, 9.17) is 0 Å². The Hall–Kier alpha value is -2.75. The van der Waals surface area contributed by atoms with Gasteiger partial charge in [-0.1, -0.05) is 31.9 Å². The van der Waals surface area contributed by atoms with E-state index < -0.39 is 17.5 Å². The van der Waals surface area contributed by atoms with E-state index in [0.29, 0.717) is 28.8 Å². The molecule has 2 heterocycles. The third kappa shape index (κ3) is 3.41. The van der Waals surface area contributed by atoms with Crippen LogP contribution in [0.2, 0.25) is 0 Å². The van der Waals surface area contributed by atoms with Crippen molar-refractivity contribution in [2.75, 3.05) is 6.54 Å². The van der Waals surface area contributed by atoms with Crippen LogP contribution in [0.15, 0.2) is 30.4 Å². The van der Waals surface area contributed by atoms with Crippen LogP contribution in [0.4, 0.5) is 17.6 Å². The van der Waals surface area contributed by atoms with Crippen molar-refractivity contribution in [3.8, 4) is 6.07 Å². The van der Waals surface area contributed by atoms with Gasteiger partial charge in [-0.25, -0.2) is 4.39 Å². The topological polar surface area (TPSA) is 32.0 Å². The average Bonchev–Trinajstić information content (AvgIpc) is 3.37. The van der Waals surface area contributed by atoms with E-state index in [1.54, 1.807) is 24.3 Å². The number of aryl methyl sites for hydroxylation is 1. The van der Waals surface area contributed by atoms with Crippen LogP contribution in [0.5, 0.6) is 0 Å². The van der Waals surface area contributed by atoms with E-state index in [1.807, 2.05) is 11.5 Å². The number of hydrogen-bond acceptors (Lipinski definition) is 2. The molecule has 32 heavy (non-hydrogen) atoms. The van der Waals surface area contributed by atoms with Gasteiger partial charge >= 0.3 is 6.18 Å². The highest BCUT2D eigenvalue weighted by molar-refractivity contribution is 5.93. The number of fused-ring (bicyclic) bond motifs is 1. The number of nitriles is 1. The molecule has 0 bridgehead atoms. The quantitative estimate of drug-likeness (QED) is 0.480. The molecular formula is C25H27F4N3. The summed E-state index contributed by atoms with van der Waals surface area (Å²) in [5, 5.41) is 10.6. The van der Waals surface area contributed by atoms with Crippen LogP contribution in [0.1, 0.15) is 69.3 Å². The maximum atomic E-state index is 14.7. The standard InChI is InChI=1S/C25H27F4N3/c1-4-16-13-22-18(14-20(16)26)19(15-30)23(32(22)17-9-5-6-10-17)21-11-7-8-12-31(21)24(2,3)25(27,28)29/h7-8,11,13-14,17H,4-6,9-10,12H2,1-3H3. The Kier molecular flexibility index (Phi) is 5.60. The van der Waals surface area contributed by atoms with Gasteiger partial charge < -0.3 is 9.47 Å². The normalized spacial score (nSPS) is 17.8. The summed E-state index contributed by atoms with van der Waals surface area (Å²) < 4.78 is 58.8. The minimum Gasteiger partial charge on any atom is -0.352 e. The molecule has 1 aliphatic carbocycles. The van der Waals surface area contributed by atoms with Gasteiger partial charge in [-0.3, -0.25) is 0 Å². The first-order valence-corrected chi connectivity index (χ1v) is 11.1. The van der Waals surface area contributed by atoms with Crippen molar-refractivity contribution < 1.29 is 17.6 Å². The number of aromatic nitrogens is 1. The zero-order valence-electron chi connectivity index (χ0n) is 18.6. The minimum absolute atomic E-state index is 0.0624. The summed E-state index contributed by atoms with van der Waals surface area (Å²) in [7, 11) is 0. The lowest BCUT2D eigenvalue weighted by atomic mass is 9.97. The van der Waals surface area contributed by atoms with Crippen LogP contribution >= 0.6 is 0 Å². The lowest BCUT2D eigenvalue weighted by molar-refractivity contribution is -0.209. The summed E-state index contributed by atoms with van der Waals surface area (Å²) in [6.45, 7) is 4.25. The van der Waals surface area contributed by atoms with Crippen molar-refractivity contribution in [1.82, 2.24) is 9.47 Å². The highest BCUT2D eigenvalue weighted by atomic mass is 19.4. The van der Waals surface area contributed by atoms with Crippen molar-refractivity contribution in [3.05, 3.63) is 53.0 Å². The summed E-state index contributed by atoms with van der Waals surface area (Å²) in [6.07, 6.45) is 4.87. The second kappa shape index (κ2) is 7.99. The SMILES string of the molecule is CCc1cc2c(cc1F)c(C#N)c(C1=CC=CCN1C(C)(C)C(F)(F)F)n2C1CCCC1. The summed E-state index contributed by atoms with van der Waals surface area (Å²) in [4.78, 5) is 1.31. The molecule has 1 aliphatic heterocycles. The van der Waals surface area contributed by atoms with Crippen molar-refractivity contribution in [2.45, 2.75) is 70.6 Å². The summed E-state index contributed by atoms with van der Waals surface area (Å²) in [6, 6.07) is 5.40. The molecule has 0 amide bonds. The van der Waals surface area contributed by atoms with E-state index in [1.165, 1.54) is 11.0 Å². The highest BCUT2D eigenvalue weighted by Gasteiger charge is 2.52. The Bertz CT molecular complexity index is 1140. The Morgan fingerprint density at radius 1 is 1.16 bits per heavy atom. The molecule has 0 N–H and O–H groups in total. The van der Waals surface area contributed by atoms with Gasteiger partial charge in [0.05, 0.1) is 22.5 Å². The number of hydrogen-bond donors (Lipinski definition) is 0. The molecule has 2 aromatic rings. The molecule has 0 unspecified atom stereocenters. The van der Waals surface area contributed by atoms with E-state index in [9.17, 15) is 22.8 Å². The van der Waals surface area contributed by atoms with E-state index in [0.717, 1.165) is 45.0 Å². The Morgan fingerprint density at radius 2 is 1.84 bits per heavy atom.